The Bertz CT molecular complexity index is 197. The van der Waals surface area contributed by atoms with Gasteiger partial charge in [0.25, 0.3) is 0 Å². The lowest BCUT2D eigenvalue weighted by atomic mass is 9.83. The van der Waals surface area contributed by atoms with Crippen molar-refractivity contribution in [3.63, 3.8) is 0 Å². The van der Waals surface area contributed by atoms with Crippen LogP contribution in [0.15, 0.2) is 0 Å². The second-order valence-electron chi connectivity index (χ2n) is 4.63. The number of esters is 1. The van der Waals surface area contributed by atoms with Crippen molar-refractivity contribution in [1.82, 2.24) is 5.32 Å². The highest BCUT2D eigenvalue weighted by molar-refractivity contribution is 5.79. The quantitative estimate of drug-likeness (QED) is 0.685. The summed E-state index contributed by atoms with van der Waals surface area (Å²) in [5.74, 6) is 0.696. The largest absolute Gasteiger partial charge is 0.468 e. The number of hydrogen-bond acceptors (Lipinski definition) is 3. The summed E-state index contributed by atoms with van der Waals surface area (Å²) in [6.45, 7) is 4.63. The third-order valence-electron chi connectivity index (χ3n) is 3.04. The van der Waals surface area contributed by atoms with Crippen molar-refractivity contribution in [2.75, 3.05) is 13.7 Å². The molecule has 0 bridgehead atoms. The summed E-state index contributed by atoms with van der Waals surface area (Å²) in [6, 6.07) is 0. The molecule has 1 N–H and O–H groups in total. The second kappa shape index (κ2) is 4.78. The van der Waals surface area contributed by atoms with Gasteiger partial charge in [-0.2, -0.15) is 0 Å². The van der Waals surface area contributed by atoms with E-state index in [4.69, 9.17) is 4.74 Å². The van der Waals surface area contributed by atoms with E-state index in [1.807, 2.05) is 13.8 Å². The molecule has 1 aliphatic carbocycles. The van der Waals surface area contributed by atoms with Crippen LogP contribution < -0.4 is 5.32 Å². The Morgan fingerprint density at radius 2 is 2.14 bits per heavy atom. The molecule has 14 heavy (non-hydrogen) atoms. The smallest absolute Gasteiger partial charge is 0.325 e. The van der Waals surface area contributed by atoms with Crippen molar-refractivity contribution >= 4 is 5.97 Å². The van der Waals surface area contributed by atoms with E-state index in [1.165, 1.54) is 32.8 Å². The standard InChI is InChI=1S/C11H21NO2/c1-11(2,10(13)14-3)12-8-7-9-5-4-6-9/h9,12H,4-8H2,1-3H3. The van der Waals surface area contributed by atoms with Crippen molar-refractivity contribution in [2.24, 2.45) is 5.92 Å². The molecule has 0 spiro atoms. The zero-order chi connectivity index (χ0) is 10.6. The van der Waals surface area contributed by atoms with Gasteiger partial charge in [0, 0.05) is 0 Å². The maximum absolute atomic E-state index is 11.3. The fourth-order valence-electron chi connectivity index (χ4n) is 1.70. The van der Waals surface area contributed by atoms with Crippen LogP contribution in [0.5, 0.6) is 0 Å². The predicted octanol–water partition coefficient (Wildman–Crippen LogP) is 1.72. The van der Waals surface area contributed by atoms with Gasteiger partial charge in [-0.3, -0.25) is 4.79 Å². The third-order valence-corrected chi connectivity index (χ3v) is 3.04. The van der Waals surface area contributed by atoms with Gasteiger partial charge in [0.15, 0.2) is 0 Å². The van der Waals surface area contributed by atoms with Gasteiger partial charge in [-0.15, -0.1) is 0 Å². The molecule has 0 aromatic carbocycles. The average Bonchev–Trinajstić information content (AvgIpc) is 2.08. The molecule has 1 rings (SSSR count). The SMILES string of the molecule is COC(=O)C(C)(C)NCCC1CCC1. The summed E-state index contributed by atoms with van der Waals surface area (Å²) >= 11 is 0. The van der Waals surface area contributed by atoms with Crippen LogP contribution >= 0.6 is 0 Å². The number of hydrogen-bond donors (Lipinski definition) is 1. The Morgan fingerprint density at radius 3 is 2.57 bits per heavy atom. The molecule has 0 saturated heterocycles. The minimum Gasteiger partial charge on any atom is -0.468 e. The zero-order valence-corrected chi connectivity index (χ0v) is 9.43. The first-order valence-electron chi connectivity index (χ1n) is 5.39. The summed E-state index contributed by atoms with van der Waals surface area (Å²) in [7, 11) is 1.43. The van der Waals surface area contributed by atoms with E-state index in [0.717, 1.165) is 12.5 Å². The summed E-state index contributed by atoms with van der Waals surface area (Å²) in [6.07, 6.45) is 5.28. The predicted molar refractivity (Wildman–Crippen MR) is 56.1 cm³/mol. The highest BCUT2D eigenvalue weighted by atomic mass is 16.5. The van der Waals surface area contributed by atoms with Gasteiger partial charge in [-0.05, 0) is 32.7 Å². The Labute approximate surface area is 86.2 Å². The van der Waals surface area contributed by atoms with E-state index in [0.29, 0.717) is 0 Å². The van der Waals surface area contributed by atoms with E-state index in [1.54, 1.807) is 0 Å². The normalized spacial score (nSPS) is 17.6. The van der Waals surface area contributed by atoms with Crippen molar-refractivity contribution in [3.8, 4) is 0 Å². The van der Waals surface area contributed by atoms with Crippen molar-refractivity contribution in [2.45, 2.75) is 45.1 Å². The highest BCUT2D eigenvalue weighted by Gasteiger charge is 2.28. The summed E-state index contributed by atoms with van der Waals surface area (Å²) < 4.78 is 4.71. The van der Waals surface area contributed by atoms with Crippen molar-refractivity contribution in [3.05, 3.63) is 0 Å². The maximum atomic E-state index is 11.3. The minimum absolute atomic E-state index is 0.189. The molecule has 0 radical (unpaired) electrons. The van der Waals surface area contributed by atoms with Crippen LogP contribution in [-0.2, 0) is 9.53 Å². The molecule has 1 aliphatic rings. The highest BCUT2D eigenvalue weighted by Crippen LogP contribution is 2.28. The zero-order valence-electron chi connectivity index (χ0n) is 9.43. The van der Waals surface area contributed by atoms with Gasteiger partial charge in [0.2, 0.25) is 0 Å². The average molecular weight is 199 g/mol. The number of methoxy groups -OCH3 is 1. The van der Waals surface area contributed by atoms with Crippen LogP contribution in [0.25, 0.3) is 0 Å². The topological polar surface area (TPSA) is 38.3 Å². The van der Waals surface area contributed by atoms with E-state index < -0.39 is 5.54 Å². The van der Waals surface area contributed by atoms with E-state index >= 15 is 0 Å². The molecule has 1 saturated carbocycles. The Balaban J connectivity index is 2.17. The molecule has 0 amide bonds. The van der Waals surface area contributed by atoms with Crippen molar-refractivity contribution < 1.29 is 9.53 Å². The lowest BCUT2D eigenvalue weighted by Gasteiger charge is -2.28. The molecule has 0 aliphatic heterocycles. The first-order chi connectivity index (χ1) is 6.56. The van der Waals surface area contributed by atoms with Crippen LogP contribution in [0, 0.1) is 5.92 Å². The minimum atomic E-state index is -0.543. The molecule has 3 nitrogen and oxygen atoms in total. The first kappa shape index (κ1) is 11.5. The van der Waals surface area contributed by atoms with E-state index in [9.17, 15) is 4.79 Å². The second-order valence-corrected chi connectivity index (χ2v) is 4.63. The molecule has 0 unspecified atom stereocenters. The molecular formula is C11H21NO2. The monoisotopic (exact) mass is 199 g/mol. The number of nitrogens with one attached hydrogen (secondary N) is 1. The molecule has 82 valence electrons. The molecule has 0 aromatic heterocycles. The van der Waals surface area contributed by atoms with Crippen molar-refractivity contribution in [1.29, 1.82) is 0 Å². The number of rotatable bonds is 5. The molecular weight excluding hydrogens is 178 g/mol. The Kier molecular flexibility index (Phi) is 3.93. The Morgan fingerprint density at radius 1 is 1.50 bits per heavy atom. The molecule has 0 atom stereocenters. The van der Waals surface area contributed by atoms with Gasteiger partial charge in [0.05, 0.1) is 7.11 Å². The number of carbonyl (C=O) groups is 1. The molecule has 0 aromatic rings. The van der Waals surface area contributed by atoms with Gasteiger partial charge >= 0.3 is 5.97 Å². The van der Waals surface area contributed by atoms with Gasteiger partial charge in [-0.25, -0.2) is 0 Å². The van der Waals surface area contributed by atoms with Gasteiger partial charge in [0.1, 0.15) is 5.54 Å². The van der Waals surface area contributed by atoms with Crippen LogP contribution in [0.4, 0.5) is 0 Å². The molecule has 3 heteroatoms. The lowest BCUT2D eigenvalue weighted by Crippen LogP contribution is -2.48. The summed E-state index contributed by atoms with van der Waals surface area (Å²) in [4.78, 5) is 11.3. The van der Waals surface area contributed by atoms with Crippen LogP contribution in [0.1, 0.15) is 39.5 Å². The van der Waals surface area contributed by atoms with Gasteiger partial charge < -0.3 is 10.1 Å². The van der Waals surface area contributed by atoms with Gasteiger partial charge in [-0.1, -0.05) is 19.3 Å². The molecule has 1 fully saturated rings. The first-order valence-corrected chi connectivity index (χ1v) is 5.39. The van der Waals surface area contributed by atoms with Crippen LogP contribution in [0.3, 0.4) is 0 Å². The third kappa shape index (κ3) is 2.98. The lowest BCUT2D eigenvalue weighted by molar-refractivity contribution is -0.147. The Hall–Kier alpha value is -0.570. The molecule has 0 heterocycles. The van der Waals surface area contributed by atoms with Crippen LogP contribution in [-0.4, -0.2) is 25.2 Å². The van der Waals surface area contributed by atoms with Crippen LogP contribution in [0.2, 0.25) is 0 Å². The fourth-order valence-corrected chi connectivity index (χ4v) is 1.70. The summed E-state index contributed by atoms with van der Waals surface area (Å²) in [5.41, 5.74) is -0.543. The van der Waals surface area contributed by atoms with E-state index in [2.05, 4.69) is 5.32 Å². The van der Waals surface area contributed by atoms with E-state index in [-0.39, 0.29) is 5.97 Å². The summed E-state index contributed by atoms with van der Waals surface area (Å²) in [5, 5.41) is 3.23. The number of ether oxygens (including phenoxy) is 1. The fraction of sp³-hybridized carbons (Fsp3) is 0.909. The maximum Gasteiger partial charge on any atom is 0.325 e. The number of carbonyl (C=O) groups excluding carboxylic acids is 1.